The van der Waals surface area contributed by atoms with E-state index in [1.165, 1.54) is 0 Å². The number of para-hydroxylation sites is 1. The first-order chi connectivity index (χ1) is 6.29. The summed E-state index contributed by atoms with van der Waals surface area (Å²) in [6.07, 6.45) is 0.685. The van der Waals surface area contributed by atoms with Crippen molar-refractivity contribution < 1.29 is 5.11 Å². The lowest BCUT2D eigenvalue weighted by Crippen LogP contribution is -2.18. The molecule has 4 N–H and O–H groups in total. The van der Waals surface area contributed by atoms with E-state index in [2.05, 4.69) is 5.32 Å². The molecular weight excluding hydrogens is 164 g/mol. The van der Waals surface area contributed by atoms with Crippen LogP contribution in [0.3, 0.4) is 0 Å². The molecule has 0 spiro atoms. The molecule has 1 atom stereocenters. The Morgan fingerprint density at radius 2 is 2.15 bits per heavy atom. The second-order valence-electron chi connectivity index (χ2n) is 2.98. The lowest BCUT2D eigenvalue weighted by atomic mass is 10.0. The molecule has 1 rings (SSSR count). The third kappa shape index (κ3) is 2.44. The van der Waals surface area contributed by atoms with Crippen molar-refractivity contribution in [2.75, 3.05) is 19.4 Å². The number of anilines is 1. The van der Waals surface area contributed by atoms with Gasteiger partial charge in [0.05, 0.1) is 0 Å². The highest BCUT2D eigenvalue weighted by atomic mass is 16.3. The Morgan fingerprint density at radius 3 is 2.69 bits per heavy atom. The molecule has 0 amide bonds. The fraction of sp³-hybridized carbons (Fsp3) is 0.400. The van der Waals surface area contributed by atoms with Gasteiger partial charge in [0.25, 0.3) is 0 Å². The van der Waals surface area contributed by atoms with Crippen LogP contribution in [0, 0.1) is 0 Å². The first kappa shape index (κ1) is 10.0. The number of nitrogen functional groups attached to an aromatic ring is 1. The van der Waals surface area contributed by atoms with Crippen molar-refractivity contribution in [3.05, 3.63) is 29.8 Å². The quantitative estimate of drug-likeness (QED) is 0.604. The molecule has 0 saturated heterocycles. The highest BCUT2D eigenvalue weighted by Gasteiger charge is 2.10. The van der Waals surface area contributed by atoms with Crippen molar-refractivity contribution >= 4 is 5.69 Å². The Bertz CT molecular complexity index is 263. The molecule has 0 heterocycles. The monoisotopic (exact) mass is 180 g/mol. The Morgan fingerprint density at radius 1 is 1.46 bits per heavy atom. The van der Waals surface area contributed by atoms with Gasteiger partial charge in [-0.25, -0.2) is 0 Å². The highest BCUT2D eigenvalue weighted by molar-refractivity contribution is 5.48. The van der Waals surface area contributed by atoms with Crippen LogP contribution in [0.5, 0.6) is 0 Å². The van der Waals surface area contributed by atoms with E-state index in [1.54, 1.807) is 0 Å². The standard InChI is InChI=1S/C10H16N2O/c1-12-10(6-7-13)8-4-2-3-5-9(8)11/h2-5,10,12-13H,6-7,11H2,1H3. The summed E-state index contributed by atoms with van der Waals surface area (Å²) in [5, 5.41) is 12.0. The van der Waals surface area contributed by atoms with Gasteiger partial charge in [0, 0.05) is 18.3 Å². The molecule has 0 aliphatic heterocycles. The highest BCUT2D eigenvalue weighted by Crippen LogP contribution is 2.21. The molecule has 0 aliphatic rings. The molecule has 1 aromatic rings. The maximum absolute atomic E-state index is 8.84. The van der Waals surface area contributed by atoms with Crippen molar-refractivity contribution in [2.24, 2.45) is 0 Å². The van der Waals surface area contributed by atoms with E-state index in [0.29, 0.717) is 6.42 Å². The molecule has 3 nitrogen and oxygen atoms in total. The lowest BCUT2D eigenvalue weighted by Gasteiger charge is -2.16. The summed E-state index contributed by atoms with van der Waals surface area (Å²) in [5.74, 6) is 0. The average Bonchev–Trinajstić information content (AvgIpc) is 2.16. The Hall–Kier alpha value is -1.06. The summed E-state index contributed by atoms with van der Waals surface area (Å²) in [6, 6.07) is 7.85. The predicted molar refractivity (Wildman–Crippen MR) is 54.4 cm³/mol. The van der Waals surface area contributed by atoms with Crippen LogP contribution in [0.1, 0.15) is 18.0 Å². The number of hydrogen-bond acceptors (Lipinski definition) is 3. The summed E-state index contributed by atoms with van der Waals surface area (Å²) >= 11 is 0. The smallest absolute Gasteiger partial charge is 0.0449 e. The van der Waals surface area contributed by atoms with Crippen molar-refractivity contribution in [2.45, 2.75) is 12.5 Å². The van der Waals surface area contributed by atoms with Gasteiger partial charge in [0.15, 0.2) is 0 Å². The van der Waals surface area contributed by atoms with E-state index in [-0.39, 0.29) is 12.6 Å². The van der Waals surface area contributed by atoms with Crippen LogP contribution >= 0.6 is 0 Å². The molecule has 13 heavy (non-hydrogen) atoms. The third-order valence-electron chi connectivity index (χ3n) is 2.14. The number of aliphatic hydroxyl groups excluding tert-OH is 1. The fourth-order valence-electron chi connectivity index (χ4n) is 1.41. The number of benzene rings is 1. The normalized spacial score (nSPS) is 12.8. The lowest BCUT2D eigenvalue weighted by molar-refractivity contribution is 0.269. The molecule has 72 valence electrons. The van der Waals surface area contributed by atoms with Gasteiger partial charge in [-0.15, -0.1) is 0 Å². The summed E-state index contributed by atoms with van der Waals surface area (Å²) in [7, 11) is 1.87. The number of aliphatic hydroxyl groups is 1. The van der Waals surface area contributed by atoms with E-state index >= 15 is 0 Å². The van der Waals surface area contributed by atoms with Crippen LogP contribution in [-0.4, -0.2) is 18.8 Å². The van der Waals surface area contributed by atoms with Crippen LogP contribution in [0.25, 0.3) is 0 Å². The van der Waals surface area contributed by atoms with Crippen LogP contribution < -0.4 is 11.1 Å². The van der Waals surface area contributed by atoms with E-state index < -0.39 is 0 Å². The van der Waals surface area contributed by atoms with E-state index in [4.69, 9.17) is 10.8 Å². The van der Waals surface area contributed by atoms with Gasteiger partial charge >= 0.3 is 0 Å². The van der Waals surface area contributed by atoms with Gasteiger partial charge in [0.2, 0.25) is 0 Å². The molecule has 0 fully saturated rings. The number of nitrogens with two attached hydrogens (primary N) is 1. The van der Waals surface area contributed by atoms with Crippen LogP contribution in [0.2, 0.25) is 0 Å². The zero-order chi connectivity index (χ0) is 9.68. The van der Waals surface area contributed by atoms with E-state index in [1.807, 2.05) is 31.3 Å². The van der Waals surface area contributed by atoms with Gasteiger partial charge in [-0.05, 0) is 25.1 Å². The summed E-state index contributed by atoms with van der Waals surface area (Å²) in [6.45, 7) is 0.167. The zero-order valence-corrected chi connectivity index (χ0v) is 7.83. The number of rotatable bonds is 4. The van der Waals surface area contributed by atoms with Crippen LogP contribution in [-0.2, 0) is 0 Å². The van der Waals surface area contributed by atoms with Crippen molar-refractivity contribution in [1.82, 2.24) is 5.32 Å². The van der Waals surface area contributed by atoms with Crippen LogP contribution in [0.4, 0.5) is 5.69 Å². The van der Waals surface area contributed by atoms with Crippen LogP contribution in [0.15, 0.2) is 24.3 Å². The molecule has 0 radical (unpaired) electrons. The van der Waals surface area contributed by atoms with Crippen molar-refractivity contribution in [1.29, 1.82) is 0 Å². The second kappa shape index (κ2) is 4.84. The predicted octanol–water partition coefficient (Wildman–Crippen LogP) is 0.912. The van der Waals surface area contributed by atoms with E-state index in [9.17, 15) is 0 Å². The topological polar surface area (TPSA) is 58.3 Å². The minimum absolute atomic E-state index is 0.145. The molecule has 3 heteroatoms. The molecule has 1 aromatic carbocycles. The fourth-order valence-corrected chi connectivity index (χ4v) is 1.41. The first-order valence-corrected chi connectivity index (χ1v) is 4.42. The average molecular weight is 180 g/mol. The van der Waals surface area contributed by atoms with Gasteiger partial charge in [-0.3, -0.25) is 0 Å². The number of hydrogen-bond donors (Lipinski definition) is 3. The molecule has 0 bridgehead atoms. The largest absolute Gasteiger partial charge is 0.398 e. The first-order valence-electron chi connectivity index (χ1n) is 4.42. The minimum Gasteiger partial charge on any atom is -0.398 e. The molecular formula is C10H16N2O. The summed E-state index contributed by atoms with van der Waals surface area (Å²) in [5.41, 5.74) is 7.63. The minimum atomic E-state index is 0.145. The molecule has 0 aliphatic carbocycles. The Balaban J connectivity index is 2.84. The maximum Gasteiger partial charge on any atom is 0.0449 e. The van der Waals surface area contributed by atoms with Gasteiger partial charge in [-0.2, -0.15) is 0 Å². The summed E-state index contributed by atoms with van der Waals surface area (Å²) < 4.78 is 0. The Kier molecular flexibility index (Phi) is 3.73. The van der Waals surface area contributed by atoms with Gasteiger partial charge in [0.1, 0.15) is 0 Å². The summed E-state index contributed by atoms with van der Waals surface area (Å²) in [4.78, 5) is 0. The molecule has 0 aromatic heterocycles. The maximum atomic E-state index is 8.84. The van der Waals surface area contributed by atoms with Crippen molar-refractivity contribution in [3.8, 4) is 0 Å². The molecule has 0 saturated carbocycles. The van der Waals surface area contributed by atoms with Gasteiger partial charge < -0.3 is 16.2 Å². The Labute approximate surface area is 78.6 Å². The third-order valence-corrected chi connectivity index (χ3v) is 2.14. The SMILES string of the molecule is CNC(CCO)c1ccccc1N. The molecule has 1 unspecified atom stereocenters. The number of nitrogens with one attached hydrogen (secondary N) is 1. The van der Waals surface area contributed by atoms with Crippen molar-refractivity contribution in [3.63, 3.8) is 0 Å². The van der Waals surface area contributed by atoms with Gasteiger partial charge in [-0.1, -0.05) is 18.2 Å². The zero-order valence-electron chi connectivity index (χ0n) is 7.83. The second-order valence-corrected chi connectivity index (χ2v) is 2.98. The van der Waals surface area contributed by atoms with E-state index in [0.717, 1.165) is 11.3 Å².